The first-order valence-corrected chi connectivity index (χ1v) is 7.54. The molecule has 2 unspecified atom stereocenters. The number of piperidine rings is 1. The van der Waals surface area contributed by atoms with Gasteiger partial charge in [-0.3, -0.25) is 0 Å². The minimum atomic E-state index is 0.742. The highest BCUT2D eigenvalue weighted by Gasteiger charge is 2.26. The number of pyridine rings is 1. The smallest absolute Gasteiger partial charge is 0.152 e. The average Bonchev–Trinajstić information content (AvgIpc) is 2.77. The summed E-state index contributed by atoms with van der Waals surface area (Å²) in [6, 6.07) is 6.20. The van der Waals surface area contributed by atoms with Gasteiger partial charge in [-0.25, -0.2) is 4.98 Å². The van der Waals surface area contributed by atoms with E-state index in [-0.39, 0.29) is 0 Å². The lowest BCUT2D eigenvalue weighted by molar-refractivity contribution is 0.355. The van der Waals surface area contributed by atoms with Crippen LogP contribution in [0.5, 0.6) is 0 Å². The van der Waals surface area contributed by atoms with E-state index in [0.717, 1.165) is 42.9 Å². The molecule has 0 spiro atoms. The van der Waals surface area contributed by atoms with Gasteiger partial charge in [0.25, 0.3) is 0 Å². The van der Waals surface area contributed by atoms with Gasteiger partial charge in [0, 0.05) is 25.8 Å². The van der Waals surface area contributed by atoms with Crippen LogP contribution in [0.25, 0.3) is 5.65 Å². The quantitative estimate of drug-likeness (QED) is 0.932. The predicted molar refractivity (Wildman–Crippen MR) is 83.1 cm³/mol. The molecule has 3 heterocycles. The summed E-state index contributed by atoms with van der Waals surface area (Å²) in [5.74, 6) is 2.64. The minimum absolute atomic E-state index is 0.742. The highest BCUT2D eigenvalue weighted by atomic mass is 15.2. The molecule has 108 valence electrons. The Labute approximate surface area is 120 Å². The van der Waals surface area contributed by atoms with Crippen molar-refractivity contribution >= 4 is 11.5 Å². The van der Waals surface area contributed by atoms with Crippen molar-refractivity contribution in [3.8, 4) is 0 Å². The van der Waals surface area contributed by atoms with Crippen LogP contribution < -0.4 is 10.2 Å². The Morgan fingerprint density at radius 3 is 2.70 bits per heavy atom. The molecule has 2 aromatic heterocycles. The van der Waals surface area contributed by atoms with Gasteiger partial charge in [-0.2, -0.15) is 0 Å². The number of nitrogens with one attached hydrogen (secondary N) is 1. The van der Waals surface area contributed by atoms with Gasteiger partial charge in [-0.05, 0) is 37.4 Å². The number of hydrogen-bond acceptors (Lipinski definition) is 3. The second-order valence-electron chi connectivity index (χ2n) is 6.19. The molecule has 1 N–H and O–H groups in total. The summed E-state index contributed by atoms with van der Waals surface area (Å²) in [5.41, 5.74) is 2.31. The summed E-state index contributed by atoms with van der Waals surface area (Å²) in [7, 11) is 1.99. The summed E-state index contributed by atoms with van der Waals surface area (Å²) in [6.07, 6.45) is 3.43. The zero-order chi connectivity index (χ0) is 14.1. The number of imidazole rings is 1. The molecule has 0 aliphatic carbocycles. The van der Waals surface area contributed by atoms with Crippen molar-refractivity contribution < 1.29 is 0 Å². The number of fused-ring (bicyclic) bond motifs is 1. The van der Waals surface area contributed by atoms with Crippen LogP contribution in [-0.4, -0.2) is 29.5 Å². The predicted octanol–water partition coefficient (Wildman–Crippen LogP) is 2.54. The number of hydrogen-bond donors (Lipinski definition) is 1. The third-order valence-corrected chi connectivity index (χ3v) is 4.12. The fourth-order valence-corrected chi connectivity index (χ4v) is 3.45. The van der Waals surface area contributed by atoms with Crippen LogP contribution in [0.4, 0.5) is 5.82 Å². The summed E-state index contributed by atoms with van der Waals surface area (Å²) in [6.45, 7) is 7.77. The SMILES string of the molecule is CNCc1c(N2CC(C)CC(C)C2)nc2ccccn12. The van der Waals surface area contributed by atoms with Crippen molar-refractivity contribution in [2.45, 2.75) is 26.8 Å². The van der Waals surface area contributed by atoms with E-state index in [0.29, 0.717) is 0 Å². The van der Waals surface area contributed by atoms with E-state index in [4.69, 9.17) is 4.98 Å². The fourth-order valence-electron chi connectivity index (χ4n) is 3.45. The first-order chi connectivity index (χ1) is 9.69. The second-order valence-corrected chi connectivity index (χ2v) is 6.19. The highest BCUT2D eigenvalue weighted by molar-refractivity contribution is 5.56. The molecule has 0 amide bonds. The van der Waals surface area contributed by atoms with E-state index in [2.05, 4.69) is 52.9 Å². The van der Waals surface area contributed by atoms with Gasteiger partial charge in [-0.1, -0.05) is 19.9 Å². The topological polar surface area (TPSA) is 32.6 Å². The van der Waals surface area contributed by atoms with Crippen LogP contribution in [0.1, 0.15) is 26.0 Å². The van der Waals surface area contributed by atoms with Gasteiger partial charge in [0.2, 0.25) is 0 Å². The third-order valence-electron chi connectivity index (χ3n) is 4.12. The monoisotopic (exact) mass is 272 g/mol. The molecule has 0 radical (unpaired) electrons. The van der Waals surface area contributed by atoms with E-state index in [1.165, 1.54) is 12.1 Å². The molecule has 3 rings (SSSR count). The molecule has 0 saturated carbocycles. The highest BCUT2D eigenvalue weighted by Crippen LogP contribution is 2.28. The van der Waals surface area contributed by atoms with Crippen molar-refractivity contribution in [1.82, 2.24) is 14.7 Å². The molecule has 1 aliphatic rings. The molecule has 0 bridgehead atoms. The normalized spacial score (nSPS) is 23.4. The molecule has 1 saturated heterocycles. The molecule has 2 atom stereocenters. The average molecular weight is 272 g/mol. The van der Waals surface area contributed by atoms with Gasteiger partial charge < -0.3 is 14.6 Å². The van der Waals surface area contributed by atoms with E-state index in [9.17, 15) is 0 Å². The van der Waals surface area contributed by atoms with Crippen LogP contribution in [0, 0.1) is 11.8 Å². The van der Waals surface area contributed by atoms with Crippen LogP contribution in [0.3, 0.4) is 0 Å². The summed E-state index contributed by atoms with van der Waals surface area (Å²) >= 11 is 0. The second kappa shape index (κ2) is 5.44. The Bertz CT molecular complexity index is 579. The van der Waals surface area contributed by atoms with Gasteiger partial charge in [-0.15, -0.1) is 0 Å². The van der Waals surface area contributed by atoms with Gasteiger partial charge in [0.1, 0.15) is 5.65 Å². The molecular weight excluding hydrogens is 248 g/mol. The van der Waals surface area contributed by atoms with E-state index >= 15 is 0 Å². The molecule has 2 aromatic rings. The Morgan fingerprint density at radius 1 is 1.25 bits per heavy atom. The fraction of sp³-hybridized carbons (Fsp3) is 0.562. The minimum Gasteiger partial charge on any atom is -0.355 e. The Hall–Kier alpha value is -1.55. The Kier molecular flexibility index (Phi) is 3.66. The summed E-state index contributed by atoms with van der Waals surface area (Å²) < 4.78 is 2.20. The molecule has 1 fully saturated rings. The number of aromatic nitrogens is 2. The lowest BCUT2D eigenvalue weighted by atomic mass is 9.92. The number of anilines is 1. The zero-order valence-electron chi connectivity index (χ0n) is 12.6. The molecular formula is C16H24N4. The maximum atomic E-state index is 4.87. The maximum absolute atomic E-state index is 4.87. The van der Waals surface area contributed by atoms with Gasteiger partial charge in [0.05, 0.1) is 5.69 Å². The zero-order valence-corrected chi connectivity index (χ0v) is 12.6. The largest absolute Gasteiger partial charge is 0.355 e. The van der Waals surface area contributed by atoms with E-state index in [1.54, 1.807) is 0 Å². The van der Waals surface area contributed by atoms with Crippen molar-refractivity contribution in [2.75, 3.05) is 25.0 Å². The van der Waals surface area contributed by atoms with Crippen LogP contribution >= 0.6 is 0 Å². The maximum Gasteiger partial charge on any atom is 0.152 e. The molecule has 4 heteroatoms. The van der Waals surface area contributed by atoms with Crippen LogP contribution in [0.2, 0.25) is 0 Å². The van der Waals surface area contributed by atoms with Crippen molar-refractivity contribution in [1.29, 1.82) is 0 Å². The van der Waals surface area contributed by atoms with Crippen LogP contribution in [-0.2, 0) is 6.54 Å². The van der Waals surface area contributed by atoms with E-state index < -0.39 is 0 Å². The molecule has 0 aromatic carbocycles. The van der Waals surface area contributed by atoms with Gasteiger partial charge in [0.15, 0.2) is 5.82 Å². The first-order valence-electron chi connectivity index (χ1n) is 7.54. The van der Waals surface area contributed by atoms with Crippen molar-refractivity contribution in [2.24, 2.45) is 11.8 Å². The molecule has 4 nitrogen and oxygen atoms in total. The Morgan fingerprint density at radius 2 is 2.00 bits per heavy atom. The standard InChI is InChI=1S/C16H24N4/c1-12-8-13(2)11-19(10-12)16-14(9-17-3)20-7-5-4-6-15(20)18-16/h4-7,12-13,17H,8-11H2,1-3H3. The molecule has 20 heavy (non-hydrogen) atoms. The lowest BCUT2D eigenvalue weighted by Crippen LogP contribution is -2.39. The van der Waals surface area contributed by atoms with E-state index in [1.807, 2.05) is 7.05 Å². The van der Waals surface area contributed by atoms with Crippen molar-refractivity contribution in [3.63, 3.8) is 0 Å². The molecule has 1 aliphatic heterocycles. The van der Waals surface area contributed by atoms with Gasteiger partial charge >= 0.3 is 0 Å². The Balaban J connectivity index is 2.03. The van der Waals surface area contributed by atoms with Crippen LogP contribution in [0.15, 0.2) is 24.4 Å². The summed E-state index contributed by atoms with van der Waals surface area (Å²) in [5, 5.41) is 3.28. The lowest BCUT2D eigenvalue weighted by Gasteiger charge is -2.35. The number of nitrogens with zero attached hydrogens (tertiary/aromatic N) is 3. The number of rotatable bonds is 3. The third kappa shape index (κ3) is 2.40. The summed E-state index contributed by atoms with van der Waals surface area (Å²) in [4.78, 5) is 7.34. The van der Waals surface area contributed by atoms with Crippen molar-refractivity contribution in [3.05, 3.63) is 30.1 Å². The first kappa shape index (κ1) is 13.4.